The number of halogens is 1. The first-order valence-corrected chi connectivity index (χ1v) is 6.10. The van der Waals surface area contributed by atoms with Crippen molar-refractivity contribution in [2.24, 2.45) is 0 Å². The molecule has 3 atom stereocenters. The molecule has 2 nitrogen and oxygen atoms in total. The third-order valence-electron chi connectivity index (χ3n) is 3.83. The van der Waals surface area contributed by atoms with Gasteiger partial charge in [0.05, 0.1) is 15.7 Å². The van der Waals surface area contributed by atoms with E-state index in [9.17, 15) is 0 Å². The van der Waals surface area contributed by atoms with Crippen molar-refractivity contribution in [3.05, 3.63) is 35.9 Å². The van der Waals surface area contributed by atoms with Crippen LogP contribution in [0.3, 0.4) is 0 Å². The standard InChI is InChI=1S/C12H13BrN2/c1-7(2)12(13)8-3-4-9(12)11-10(8)14-5-6-15-11/h5-6,8-9H,1,3-4H2,2H3/t8-,9+,12?. The third-order valence-corrected chi connectivity index (χ3v) is 5.61. The van der Waals surface area contributed by atoms with Crippen LogP contribution in [-0.2, 0) is 0 Å². The smallest absolute Gasteiger partial charge is 0.0670 e. The van der Waals surface area contributed by atoms with E-state index >= 15 is 0 Å². The molecule has 0 aliphatic heterocycles. The van der Waals surface area contributed by atoms with Crippen LogP contribution in [0.5, 0.6) is 0 Å². The highest BCUT2D eigenvalue weighted by Gasteiger charge is 2.58. The number of hydrogen-bond donors (Lipinski definition) is 0. The highest BCUT2D eigenvalue weighted by molar-refractivity contribution is 9.10. The Morgan fingerprint density at radius 1 is 1.33 bits per heavy atom. The van der Waals surface area contributed by atoms with Gasteiger partial charge in [0.1, 0.15) is 0 Å². The maximum absolute atomic E-state index is 4.49. The van der Waals surface area contributed by atoms with Crippen LogP contribution < -0.4 is 0 Å². The van der Waals surface area contributed by atoms with Crippen LogP contribution >= 0.6 is 15.9 Å². The Morgan fingerprint density at radius 3 is 2.20 bits per heavy atom. The summed E-state index contributed by atoms with van der Waals surface area (Å²) in [7, 11) is 0. The van der Waals surface area contributed by atoms with E-state index in [1.165, 1.54) is 29.8 Å². The van der Waals surface area contributed by atoms with Crippen molar-refractivity contribution in [2.45, 2.75) is 35.9 Å². The van der Waals surface area contributed by atoms with Crippen molar-refractivity contribution in [1.29, 1.82) is 0 Å². The highest BCUT2D eigenvalue weighted by Crippen LogP contribution is 2.64. The third kappa shape index (κ3) is 0.996. The fraction of sp³-hybridized carbons (Fsp3) is 0.500. The number of aromatic nitrogens is 2. The normalized spacial score (nSPS) is 36.7. The van der Waals surface area contributed by atoms with Gasteiger partial charge >= 0.3 is 0 Å². The summed E-state index contributed by atoms with van der Waals surface area (Å²) in [6, 6.07) is 0. The lowest BCUT2D eigenvalue weighted by molar-refractivity contribution is 0.622. The van der Waals surface area contributed by atoms with Crippen LogP contribution in [0.1, 0.15) is 43.0 Å². The average Bonchev–Trinajstić information content (AvgIpc) is 2.70. The van der Waals surface area contributed by atoms with Gasteiger partial charge in [0.25, 0.3) is 0 Å². The van der Waals surface area contributed by atoms with Crippen molar-refractivity contribution in [3.8, 4) is 0 Å². The van der Waals surface area contributed by atoms with E-state index in [1.807, 2.05) is 0 Å². The first-order valence-electron chi connectivity index (χ1n) is 5.31. The highest BCUT2D eigenvalue weighted by atomic mass is 79.9. The molecule has 1 unspecified atom stereocenters. The second-order valence-electron chi connectivity index (χ2n) is 4.56. The molecule has 2 aliphatic carbocycles. The predicted octanol–water partition coefficient (Wildman–Crippen LogP) is 3.16. The molecule has 0 saturated heterocycles. The van der Waals surface area contributed by atoms with Crippen molar-refractivity contribution < 1.29 is 0 Å². The van der Waals surface area contributed by atoms with Gasteiger partial charge in [-0.3, -0.25) is 9.97 Å². The minimum atomic E-state index is 0.0245. The lowest BCUT2D eigenvalue weighted by Crippen LogP contribution is -2.25. The van der Waals surface area contributed by atoms with E-state index < -0.39 is 0 Å². The monoisotopic (exact) mass is 264 g/mol. The Kier molecular flexibility index (Phi) is 1.85. The summed E-state index contributed by atoms with van der Waals surface area (Å²) in [5, 5.41) is 0. The molecular weight excluding hydrogens is 252 g/mol. The molecule has 3 heteroatoms. The van der Waals surface area contributed by atoms with Crippen LogP contribution in [0.15, 0.2) is 24.5 Å². The molecule has 1 saturated carbocycles. The summed E-state index contributed by atoms with van der Waals surface area (Å²) >= 11 is 3.90. The zero-order valence-electron chi connectivity index (χ0n) is 8.70. The number of hydrogen-bond acceptors (Lipinski definition) is 2. The molecule has 1 fully saturated rings. The Labute approximate surface area is 98.0 Å². The van der Waals surface area contributed by atoms with Gasteiger partial charge in [-0.15, -0.1) is 0 Å². The molecular formula is C12H13BrN2. The van der Waals surface area contributed by atoms with Crippen LogP contribution in [-0.4, -0.2) is 14.3 Å². The minimum Gasteiger partial charge on any atom is -0.257 e. The quantitative estimate of drug-likeness (QED) is 0.575. The van der Waals surface area contributed by atoms with E-state index in [0.29, 0.717) is 11.8 Å². The molecule has 0 radical (unpaired) electrons. The Bertz CT molecular complexity index is 410. The fourth-order valence-electron chi connectivity index (χ4n) is 3.16. The van der Waals surface area contributed by atoms with Gasteiger partial charge in [0.15, 0.2) is 0 Å². The van der Waals surface area contributed by atoms with E-state index in [-0.39, 0.29) is 4.32 Å². The largest absolute Gasteiger partial charge is 0.257 e. The molecule has 0 amide bonds. The second kappa shape index (κ2) is 2.91. The summed E-state index contributed by atoms with van der Waals surface area (Å²) in [4.78, 5) is 8.97. The molecule has 1 aromatic heterocycles. The molecule has 1 heterocycles. The molecule has 2 bridgehead atoms. The molecule has 78 valence electrons. The zero-order chi connectivity index (χ0) is 10.6. The summed E-state index contributed by atoms with van der Waals surface area (Å²) in [6.45, 7) is 6.23. The zero-order valence-corrected chi connectivity index (χ0v) is 10.3. The van der Waals surface area contributed by atoms with E-state index in [4.69, 9.17) is 0 Å². The molecule has 2 aliphatic rings. The first-order chi connectivity index (χ1) is 7.15. The van der Waals surface area contributed by atoms with Crippen molar-refractivity contribution in [1.82, 2.24) is 9.97 Å². The van der Waals surface area contributed by atoms with Crippen LogP contribution in [0.4, 0.5) is 0 Å². The van der Waals surface area contributed by atoms with E-state index in [0.717, 1.165) is 0 Å². The topological polar surface area (TPSA) is 25.8 Å². The maximum atomic E-state index is 4.49. The lowest BCUT2D eigenvalue weighted by Gasteiger charge is -2.27. The molecule has 0 N–H and O–H groups in total. The Hall–Kier alpha value is -0.700. The van der Waals surface area contributed by atoms with Gasteiger partial charge in [0, 0.05) is 24.2 Å². The van der Waals surface area contributed by atoms with Gasteiger partial charge in [-0.25, -0.2) is 0 Å². The van der Waals surface area contributed by atoms with Gasteiger partial charge in [-0.1, -0.05) is 28.1 Å². The molecule has 15 heavy (non-hydrogen) atoms. The number of allylic oxidation sites excluding steroid dienone is 1. The number of fused-ring (bicyclic) bond motifs is 5. The first kappa shape index (κ1) is 9.52. The van der Waals surface area contributed by atoms with E-state index in [1.54, 1.807) is 12.4 Å². The summed E-state index contributed by atoms with van der Waals surface area (Å²) < 4.78 is 0.0245. The number of nitrogens with zero attached hydrogens (tertiary/aromatic N) is 2. The summed E-state index contributed by atoms with van der Waals surface area (Å²) in [5.74, 6) is 0.951. The van der Waals surface area contributed by atoms with Crippen LogP contribution in [0.25, 0.3) is 0 Å². The maximum Gasteiger partial charge on any atom is 0.0670 e. The molecule has 0 spiro atoms. The van der Waals surface area contributed by atoms with Gasteiger partial charge in [-0.2, -0.15) is 0 Å². The summed E-state index contributed by atoms with van der Waals surface area (Å²) in [6.07, 6.45) is 6.00. The van der Waals surface area contributed by atoms with Gasteiger partial charge < -0.3 is 0 Å². The SMILES string of the molecule is C=C(C)C1(Br)[C@@H]2CC[C@H]1c1nccnc12. The number of alkyl halides is 1. The van der Waals surface area contributed by atoms with Gasteiger partial charge in [-0.05, 0) is 19.8 Å². The molecule has 0 aromatic carbocycles. The minimum absolute atomic E-state index is 0.0245. The fourth-order valence-corrected chi connectivity index (χ4v) is 4.05. The second-order valence-corrected chi connectivity index (χ2v) is 5.87. The molecule has 3 rings (SSSR count). The predicted molar refractivity (Wildman–Crippen MR) is 63.2 cm³/mol. The van der Waals surface area contributed by atoms with Crippen molar-refractivity contribution in [2.75, 3.05) is 0 Å². The Morgan fingerprint density at radius 2 is 1.80 bits per heavy atom. The summed E-state index contributed by atoms with van der Waals surface area (Å²) in [5.41, 5.74) is 3.58. The number of rotatable bonds is 1. The van der Waals surface area contributed by atoms with Gasteiger partial charge in [0.2, 0.25) is 0 Å². The Balaban J connectivity index is 2.20. The molecule has 1 aromatic rings. The van der Waals surface area contributed by atoms with E-state index in [2.05, 4.69) is 39.4 Å². The average molecular weight is 265 g/mol. The lowest BCUT2D eigenvalue weighted by atomic mass is 9.89. The van der Waals surface area contributed by atoms with Crippen LogP contribution in [0, 0.1) is 0 Å². The van der Waals surface area contributed by atoms with Crippen molar-refractivity contribution >= 4 is 15.9 Å². The van der Waals surface area contributed by atoms with Crippen molar-refractivity contribution in [3.63, 3.8) is 0 Å². The van der Waals surface area contributed by atoms with Crippen LogP contribution in [0.2, 0.25) is 0 Å².